The maximum atomic E-state index is 13.7. The summed E-state index contributed by atoms with van der Waals surface area (Å²) in [6, 6.07) is 9.35. The fourth-order valence-electron chi connectivity index (χ4n) is 2.95. The monoisotopic (exact) mass is 516 g/mol. The van der Waals surface area contributed by atoms with Gasteiger partial charge in [-0.05, 0) is 36.4 Å². The summed E-state index contributed by atoms with van der Waals surface area (Å²) in [5, 5.41) is 0.697. The SMILES string of the molecule is FC(F)(F)CSc1cc(/N=C(/c2ccc(Cl)cc2)N2CCC(F)(F)CC2)c(Cl)cc1Cl. The fraction of sp³-hybridized carbons (Fsp3) is 0.350. The molecule has 3 rings (SSSR count). The van der Waals surface area contributed by atoms with Crippen LogP contribution in [-0.4, -0.2) is 41.7 Å². The van der Waals surface area contributed by atoms with Crippen molar-refractivity contribution in [3.8, 4) is 0 Å². The van der Waals surface area contributed by atoms with Gasteiger partial charge in [0.15, 0.2) is 0 Å². The molecule has 0 aliphatic carbocycles. The van der Waals surface area contributed by atoms with Crippen molar-refractivity contribution in [1.29, 1.82) is 0 Å². The maximum absolute atomic E-state index is 13.7. The Morgan fingerprint density at radius 3 is 2.19 bits per heavy atom. The summed E-state index contributed by atoms with van der Waals surface area (Å²) in [6.07, 6.45) is -5.04. The molecule has 1 fully saturated rings. The molecule has 1 aliphatic rings. The molecule has 0 bridgehead atoms. The fourth-order valence-corrected chi connectivity index (χ4v) is 4.38. The van der Waals surface area contributed by atoms with E-state index in [-0.39, 0.29) is 46.6 Å². The highest BCUT2D eigenvalue weighted by Gasteiger charge is 2.35. The Bertz CT molecular complexity index is 955. The van der Waals surface area contributed by atoms with Crippen LogP contribution in [0, 0.1) is 0 Å². The van der Waals surface area contributed by atoms with Gasteiger partial charge >= 0.3 is 6.18 Å². The van der Waals surface area contributed by atoms with Gasteiger partial charge < -0.3 is 4.90 Å². The second kappa shape index (κ2) is 9.73. The van der Waals surface area contributed by atoms with Crippen molar-refractivity contribution >= 4 is 58.1 Å². The summed E-state index contributed by atoms with van der Waals surface area (Å²) >= 11 is 18.8. The molecule has 0 unspecified atom stereocenters. The summed E-state index contributed by atoms with van der Waals surface area (Å²) in [7, 11) is 0. The van der Waals surface area contributed by atoms with E-state index in [1.807, 2.05) is 0 Å². The number of piperidine rings is 1. The van der Waals surface area contributed by atoms with Crippen molar-refractivity contribution in [3.05, 3.63) is 57.0 Å². The Kier molecular flexibility index (Phi) is 7.66. The third-order valence-electron chi connectivity index (χ3n) is 4.52. The Balaban J connectivity index is 2.00. The van der Waals surface area contributed by atoms with E-state index >= 15 is 0 Å². The van der Waals surface area contributed by atoms with Gasteiger partial charge in [0, 0.05) is 41.4 Å². The molecule has 0 N–H and O–H groups in total. The minimum Gasteiger partial charge on any atom is -0.356 e. The Hall–Kier alpha value is -1.22. The second-order valence-electron chi connectivity index (χ2n) is 6.92. The number of rotatable bonds is 4. The van der Waals surface area contributed by atoms with Gasteiger partial charge in [-0.2, -0.15) is 13.2 Å². The van der Waals surface area contributed by atoms with E-state index < -0.39 is 17.9 Å². The standard InChI is InChI=1S/C20H16Cl3F5N2S/c21-13-3-1-12(2-4-13)18(30-7-5-19(24,25)6-8-30)29-16-10-17(15(23)9-14(16)22)31-11-20(26,27)28/h1-4,9-10H,5-8,11H2/b29-18-. The number of aliphatic imine (C=N–C) groups is 1. The van der Waals surface area contributed by atoms with Gasteiger partial charge in [-0.25, -0.2) is 13.8 Å². The summed E-state index contributed by atoms with van der Waals surface area (Å²) < 4.78 is 65.2. The van der Waals surface area contributed by atoms with Crippen LogP contribution in [0.25, 0.3) is 0 Å². The van der Waals surface area contributed by atoms with Crippen molar-refractivity contribution in [2.24, 2.45) is 4.99 Å². The average molecular weight is 518 g/mol. The highest BCUT2D eigenvalue weighted by Crippen LogP contribution is 2.39. The van der Waals surface area contributed by atoms with Gasteiger partial charge in [0.1, 0.15) is 5.84 Å². The average Bonchev–Trinajstić information content (AvgIpc) is 2.67. The predicted molar refractivity (Wildman–Crippen MR) is 117 cm³/mol. The molecule has 1 heterocycles. The number of alkyl halides is 5. The van der Waals surface area contributed by atoms with Gasteiger partial charge in [0.05, 0.1) is 21.5 Å². The third kappa shape index (κ3) is 6.88. The van der Waals surface area contributed by atoms with Crippen LogP contribution in [0.3, 0.4) is 0 Å². The minimum atomic E-state index is -4.37. The molecule has 0 radical (unpaired) electrons. The molecule has 2 aromatic rings. The van der Waals surface area contributed by atoms with E-state index in [0.29, 0.717) is 28.2 Å². The number of halogens is 8. The molecule has 0 saturated carbocycles. The molecule has 1 aliphatic heterocycles. The number of benzene rings is 2. The number of thioether (sulfide) groups is 1. The number of nitrogens with zero attached hydrogens (tertiary/aromatic N) is 2. The molecule has 11 heteroatoms. The van der Waals surface area contributed by atoms with Crippen LogP contribution in [0.15, 0.2) is 46.3 Å². The van der Waals surface area contributed by atoms with E-state index in [1.165, 1.54) is 12.1 Å². The molecular weight excluding hydrogens is 502 g/mol. The number of amidine groups is 1. The first kappa shape index (κ1) is 24.4. The van der Waals surface area contributed by atoms with Gasteiger partial charge in [-0.3, -0.25) is 0 Å². The molecule has 0 spiro atoms. The quantitative estimate of drug-likeness (QED) is 0.176. The van der Waals surface area contributed by atoms with Crippen LogP contribution in [0.2, 0.25) is 15.1 Å². The minimum absolute atomic E-state index is 0.0648. The highest BCUT2D eigenvalue weighted by atomic mass is 35.5. The molecular formula is C20H16Cl3F5N2S. The molecule has 2 aromatic carbocycles. The zero-order valence-electron chi connectivity index (χ0n) is 15.8. The summed E-state index contributed by atoms with van der Waals surface area (Å²) in [5.74, 6) is -3.49. The highest BCUT2D eigenvalue weighted by molar-refractivity contribution is 7.99. The van der Waals surface area contributed by atoms with E-state index in [2.05, 4.69) is 4.99 Å². The summed E-state index contributed by atoms with van der Waals surface area (Å²) in [4.78, 5) is 6.42. The number of hydrogen-bond acceptors (Lipinski definition) is 2. The lowest BCUT2D eigenvalue weighted by atomic mass is 10.1. The smallest absolute Gasteiger partial charge is 0.356 e. The van der Waals surface area contributed by atoms with E-state index in [4.69, 9.17) is 34.8 Å². The van der Waals surface area contributed by atoms with Crippen molar-refractivity contribution in [2.75, 3.05) is 18.8 Å². The first-order valence-electron chi connectivity index (χ1n) is 9.09. The lowest BCUT2D eigenvalue weighted by molar-refractivity contribution is -0.105. The Labute approximate surface area is 195 Å². The maximum Gasteiger partial charge on any atom is 0.398 e. The largest absolute Gasteiger partial charge is 0.398 e. The van der Waals surface area contributed by atoms with Crippen LogP contribution in [0.4, 0.5) is 27.6 Å². The van der Waals surface area contributed by atoms with Crippen LogP contribution >= 0.6 is 46.6 Å². The molecule has 0 aromatic heterocycles. The van der Waals surface area contributed by atoms with Crippen molar-refractivity contribution < 1.29 is 22.0 Å². The second-order valence-corrected chi connectivity index (χ2v) is 9.19. The Morgan fingerprint density at radius 2 is 1.61 bits per heavy atom. The lowest BCUT2D eigenvalue weighted by Gasteiger charge is -2.34. The zero-order chi connectivity index (χ0) is 22.8. The normalized spacial score (nSPS) is 17.2. The molecule has 168 valence electrons. The van der Waals surface area contributed by atoms with Gasteiger partial charge in [0.25, 0.3) is 5.92 Å². The van der Waals surface area contributed by atoms with Crippen molar-refractivity contribution in [1.82, 2.24) is 4.90 Å². The van der Waals surface area contributed by atoms with E-state index in [9.17, 15) is 22.0 Å². The van der Waals surface area contributed by atoms with Gasteiger partial charge in [0.2, 0.25) is 0 Å². The van der Waals surface area contributed by atoms with Crippen LogP contribution in [0.1, 0.15) is 18.4 Å². The van der Waals surface area contributed by atoms with Crippen LogP contribution < -0.4 is 0 Å². The predicted octanol–water partition coefficient (Wildman–Crippen LogP) is 8.11. The third-order valence-corrected chi connectivity index (χ3v) is 6.62. The molecule has 1 saturated heterocycles. The van der Waals surface area contributed by atoms with Gasteiger partial charge in [-0.15, -0.1) is 11.8 Å². The molecule has 0 atom stereocenters. The molecule has 2 nitrogen and oxygen atoms in total. The van der Waals surface area contributed by atoms with Gasteiger partial charge in [-0.1, -0.05) is 34.8 Å². The Morgan fingerprint density at radius 1 is 1.00 bits per heavy atom. The molecule has 31 heavy (non-hydrogen) atoms. The first-order chi connectivity index (χ1) is 14.4. The van der Waals surface area contributed by atoms with E-state index in [0.717, 1.165) is 0 Å². The van der Waals surface area contributed by atoms with Crippen molar-refractivity contribution in [3.63, 3.8) is 0 Å². The molecule has 0 amide bonds. The lowest BCUT2D eigenvalue weighted by Crippen LogP contribution is -2.43. The van der Waals surface area contributed by atoms with Crippen LogP contribution in [0.5, 0.6) is 0 Å². The topological polar surface area (TPSA) is 15.6 Å². The zero-order valence-corrected chi connectivity index (χ0v) is 18.9. The first-order valence-corrected chi connectivity index (χ1v) is 11.2. The number of hydrogen-bond donors (Lipinski definition) is 0. The summed E-state index contributed by atoms with van der Waals surface area (Å²) in [6.45, 7) is 0.130. The van der Waals surface area contributed by atoms with Crippen molar-refractivity contribution in [2.45, 2.75) is 29.8 Å². The van der Waals surface area contributed by atoms with E-state index in [1.54, 1.807) is 29.2 Å². The van der Waals surface area contributed by atoms with Crippen LogP contribution in [-0.2, 0) is 0 Å². The number of likely N-dealkylation sites (tertiary alicyclic amines) is 1. The summed E-state index contributed by atoms with van der Waals surface area (Å²) in [5.41, 5.74) is 0.808.